The molecule has 6 heteroatoms. The highest BCUT2D eigenvalue weighted by Crippen LogP contribution is 2.33. The normalized spacial score (nSPS) is 17.6. The van der Waals surface area contributed by atoms with Gasteiger partial charge in [-0.05, 0) is 25.2 Å². The average Bonchev–Trinajstić information content (AvgIpc) is 2.38. The first-order chi connectivity index (χ1) is 8.91. The van der Waals surface area contributed by atoms with Gasteiger partial charge in [-0.15, -0.1) is 0 Å². The van der Waals surface area contributed by atoms with Crippen LogP contribution >= 0.6 is 0 Å². The van der Waals surface area contributed by atoms with Crippen LogP contribution in [-0.2, 0) is 6.18 Å². The summed E-state index contributed by atoms with van der Waals surface area (Å²) in [6.07, 6.45) is -3.78. The lowest BCUT2D eigenvalue weighted by atomic mass is 10.1. The van der Waals surface area contributed by atoms with Crippen molar-refractivity contribution >= 4 is 12.0 Å². The van der Waals surface area contributed by atoms with Gasteiger partial charge in [-0.2, -0.15) is 13.2 Å². The van der Waals surface area contributed by atoms with Crippen molar-refractivity contribution < 1.29 is 18.0 Å². The maximum atomic E-state index is 12.7. The maximum Gasteiger partial charge on any atom is 0.416 e. The number of likely N-dealkylation sites (N-methyl/N-ethyl adjacent to an activating group) is 1. The summed E-state index contributed by atoms with van der Waals surface area (Å²) in [5.41, 5.74) is -0.0393. The lowest BCUT2D eigenvalue weighted by Gasteiger charge is -2.35. The monoisotopic (exact) mass is 272 g/mol. The first kappa shape index (κ1) is 13.9. The number of hydrogen-bond acceptors (Lipinski definition) is 3. The third-order valence-corrected chi connectivity index (χ3v) is 3.33. The summed E-state index contributed by atoms with van der Waals surface area (Å²) in [5, 5.41) is 0. The molecule has 1 aromatic rings. The average molecular weight is 272 g/mol. The van der Waals surface area contributed by atoms with E-state index in [-0.39, 0.29) is 0 Å². The molecule has 0 spiro atoms. The van der Waals surface area contributed by atoms with Crippen molar-refractivity contribution in [2.75, 3.05) is 38.1 Å². The van der Waals surface area contributed by atoms with Crippen LogP contribution in [0, 0.1) is 0 Å². The van der Waals surface area contributed by atoms with E-state index in [9.17, 15) is 18.0 Å². The molecule has 1 aliphatic rings. The van der Waals surface area contributed by atoms with E-state index in [0.717, 1.165) is 25.2 Å². The molecule has 1 aromatic carbocycles. The van der Waals surface area contributed by atoms with Crippen LogP contribution in [0.3, 0.4) is 0 Å². The summed E-state index contributed by atoms with van der Waals surface area (Å²) in [4.78, 5) is 14.9. The maximum absolute atomic E-state index is 12.7. The van der Waals surface area contributed by atoms with Gasteiger partial charge in [0.1, 0.15) is 0 Å². The minimum atomic E-state index is -4.39. The first-order valence-electron chi connectivity index (χ1n) is 6.02. The molecule has 1 saturated heterocycles. The van der Waals surface area contributed by atoms with E-state index < -0.39 is 11.7 Å². The molecule has 2 rings (SSSR count). The third kappa shape index (κ3) is 3.07. The van der Waals surface area contributed by atoms with Crippen LogP contribution in [-0.4, -0.2) is 44.4 Å². The van der Waals surface area contributed by atoms with Crippen molar-refractivity contribution in [3.05, 3.63) is 29.3 Å². The molecule has 0 bridgehead atoms. The van der Waals surface area contributed by atoms with Crippen molar-refractivity contribution in [3.63, 3.8) is 0 Å². The Morgan fingerprint density at radius 2 is 1.79 bits per heavy atom. The predicted octanol–water partition coefficient (Wildman–Crippen LogP) is 2.27. The molecule has 1 fully saturated rings. The number of nitrogens with zero attached hydrogens (tertiary/aromatic N) is 2. The zero-order chi connectivity index (χ0) is 14.0. The highest BCUT2D eigenvalue weighted by Gasteiger charge is 2.31. The number of benzene rings is 1. The van der Waals surface area contributed by atoms with Gasteiger partial charge in [-0.1, -0.05) is 0 Å². The second-order valence-corrected chi connectivity index (χ2v) is 4.68. The number of alkyl halides is 3. The summed E-state index contributed by atoms with van der Waals surface area (Å²) < 4.78 is 38.2. The van der Waals surface area contributed by atoms with Crippen LogP contribution in [0.5, 0.6) is 0 Å². The second-order valence-electron chi connectivity index (χ2n) is 4.68. The van der Waals surface area contributed by atoms with E-state index in [4.69, 9.17) is 0 Å². The van der Waals surface area contributed by atoms with E-state index in [1.54, 1.807) is 0 Å². The fraction of sp³-hybridized carbons (Fsp3) is 0.462. The molecule has 1 aliphatic heterocycles. The Hall–Kier alpha value is -1.56. The molecular formula is C13H15F3N2O. The molecule has 0 radical (unpaired) electrons. The van der Waals surface area contributed by atoms with Gasteiger partial charge in [0.2, 0.25) is 0 Å². The van der Waals surface area contributed by atoms with Gasteiger partial charge >= 0.3 is 6.18 Å². The molecule has 0 unspecified atom stereocenters. The quantitative estimate of drug-likeness (QED) is 0.772. The molecule has 1 heterocycles. The van der Waals surface area contributed by atoms with Crippen LogP contribution in [0.2, 0.25) is 0 Å². The smallest absolute Gasteiger partial charge is 0.368 e. The highest BCUT2D eigenvalue weighted by molar-refractivity contribution is 5.85. The van der Waals surface area contributed by atoms with Crippen molar-refractivity contribution in [1.82, 2.24) is 4.90 Å². The second kappa shape index (κ2) is 5.21. The Bertz CT molecular complexity index is 465. The highest BCUT2D eigenvalue weighted by atomic mass is 19.4. The van der Waals surface area contributed by atoms with Crippen molar-refractivity contribution in [3.8, 4) is 0 Å². The predicted molar refractivity (Wildman–Crippen MR) is 66.5 cm³/mol. The Labute approximate surface area is 109 Å². The SMILES string of the molecule is CN1CCN(c2cc(C(F)(F)F)ccc2C=O)CC1. The summed E-state index contributed by atoms with van der Waals surface area (Å²) >= 11 is 0. The molecule has 0 amide bonds. The van der Waals surface area contributed by atoms with Crippen LogP contribution in [0.1, 0.15) is 15.9 Å². The van der Waals surface area contributed by atoms with E-state index in [0.29, 0.717) is 30.6 Å². The van der Waals surface area contributed by atoms with Crippen LogP contribution in [0.25, 0.3) is 0 Å². The topological polar surface area (TPSA) is 23.6 Å². The Kier molecular flexibility index (Phi) is 3.80. The first-order valence-corrected chi connectivity index (χ1v) is 6.02. The molecule has 0 N–H and O–H groups in total. The summed E-state index contributed by atoms with van der Waals surface area (Å²) in [7, 11) is 1.96. The number of carbonyl (C=O) groups is 1. The molecule has 0 aliphatic carbocycles. The zero-order valence-electron chi connectivity index (χ0n) is 10.6. The lowest BCUT2D eigenvalue weighted by Crippen LogP contribution is -2.44. The van der Waals surface area contributed by atoms with E-state index in [2.05, 4.69) is 4.90 Å². The van der Waals surface area contributed by atoms with Crippen LogP contribution < -0.4 is 4.90 Å². The van der Waals surface area contributed by atoms with Gasteiger partial charge in [-0.25, -0.2) is 0 Å². The number of hydrogen-bond donors (Lipinski definition) is 0. The Morgan fingerprint density at radius 3 is 2.32 bits per heavy atom. The molecule has 0 atom stereocenters. The van der Waals surface area contributed by atoms with Gasteiger partial charge < -0.3 is 9.80 Å². The molecular weight excluding hydrogens is 257 g/mol. The molecule has 19 heavy (non-hydrogen) atoms. The number of halogens is 3. The standard InChI is InChI=1S/C13H15F3N2O/c1-17-4-6-18(7-5-17)12-8-11(13(14,15)16)3-2-10(12)9-19/h2-3,8-9H,4-7H2,1H3. The van der Waals surface area contributed by atoms with Crippen LogP contribution in [0.15, 0.2) is 18.2 Å². The largest absolute Gasteiger partial charge is 0.416 e. The van der Waals surface area contributed by atoms with E-state index in [1.165, 1.54) is 6.07 Å². The Morgan fingerprint density at radius 1 is 1.16 bits per heavy atom. The zero-order valence-corrected chi connectivity index (χ0v) is 10.6. The number of aldehydes is 1. The molecule has 3 nitrogen and oxygen atoms in total. The minimum Gasteiger partial charge on any atom is -0.368 e. The fourth-order valence-electron chi connectivity index (χ4n) is 2.14. The number of piperazine rings is 1. The van der Waals surface area contributed by atoms with Gasteiger partial charge in [0.05, 0.1) is 5.56 Å². The number of carbonyl (C=O) groups excluding carboxylic acids is 1. The van der Waals surface area contributed by atoms with E-state index in [1.807, 2.05) is 11.9 Å². The van der Waals surface area contributed by atoms with Gasteiger partial charge in [0, 0.05) is 37.4 Å². The van der Waals surface area contributed by atoms with Crippen molar-refractivity contribution in [2.45, 2.75) is 6.18 Å². The fourth-order valence-corrected chi connectivity index (χ4v) is 2.14. The molecule has 0 aromatic heterocycles. The molecule has 0 saturated carbocycles. The third-order valence-electron chi connectivity index (χ3n) is 3.33. The van der Waals surface area contributed by atoms with Gasteiger partial charge in [-0.3, -0.25) is 4.79 Å². The van der Waals surface area contributed by atoms with E-state index >= 15 is 0 Å². The Balaban J connectivity index is 2.34. The lowest BCUT2D eigenvalue weighted by molar-refractivity contribution is -0.137. The van der Waals surface area contributed by atoms with Crippen molar-refractivity contribution in [1.29, 1.82) is 0 Å². The summed E-state index contributed by atoms with van der Waals surface area (Å²) in [6, 6.07) is 3.25. The van der Waals surface area contributed by atoms with Gasteiger partial charge in [0.15, 0.2) is 6.29 Å². The summed E-state index contributed by atoms with van der Waals surface area (Å²) in [5.74, 6) is 0. The number of anilines is 1. The number of rotatable bonds is 2. The summed E-state index contributed by atoms with van der Waals surface area (Å²) in [6.45, 7) is 2.79. The van der Waals surface area contributed by atoms with Crippen LogP contribution in [0.4, 0.5) is 18.9 Å². The van der Waals surface area contributed by atoms with Gasteiger partial charge in [0.25, 0.3) is 0 Å². The minimum absolute atomic E-state index is 0.303. The molecule has 104 valence electrons. The van der Waals surface area contributed by atoms with Crippen molar-refractivity contribution in [2.24, 2.45) is 0 Å².